The number of carbonyl (C=O) groups excluding carboxylic acids is 2. The Labute approximate surface area is 142 Å². The molecule has 1 aliphatic heterocycles. The number of rotatable bonds is 4. The van der Waals surface area contributed by atoms with Gasteiger partial charge in [0, 0.05) is 13.1 Å². The minimum atomic E-state index is -0.140. The zero-order valence-corrected chi connectivity index (χ0v) is 13.7. The van der Waals surface area contributed by atoms with E-state index in [1.807, 2.05) is 41.8 Å². The van der Waals surface area contributed by atoms with Crippen molar-refractivity contribution in [3.8, 4) is 0 Å². The van der Waals surface area contributed by atoms with Crippen LogP contribution in [-0.4, -0.2) is 39.8 Å². The van der Waals surface area contributed by atoms with E-state index in [0.717, 1.165) is 21.7 Å². The number of aromatic amines is 1. The molecule has 0 aliphatic carbocycles. The third-order valence-corrected chi connectivity index (χ3v) is 5.00. The highest BCUT2D eigenvalue weighted by Crippen LogP contribution is 2.21. The molecule has 2 N–H and O–H groups in total. The van der Waals surface area contributed by atoms with E-state index in [1.54, 1.807) is 4.90 Å². The van der Waals surface area contributed by atoms with Gasteiger partial charge in [-0.3, -0.25) is 9.59 Å². The molecule has 1 saturated heterocycles. The minimum absolute atomic E-state index is 0.00586. The van der Waals surface area contributed by atoms with Crippen LogP contribution in [-0.2, 0) is 11.3 Å². The Kier molecular flexibility index (Phi) is 3.78. The van der Waals surface area contributed by atoms with Crippen LogP contribution in [0.1, 0.15) is 15.5 Å². The Hall–Kier alpha value is -2.67. The fraction of sp³-hybridized carbons (Fsp3) is 0.235. The monoisotopic (exact) mass is 340 g/mol. The molecule has 2 amide bonds. The predicted octanol–water partition coefficient (Wildman–Crippen LogP) is 2.01. The molecular formula is C17H16N4O2S. The second kappa shape index (κ2) is 6.09. The summed E-state index contributed by atoms with van der Waals surface area (Å²) in [5, 5.41) is 4.77. The number of benzene rings is 1. The van der Waals surface area contributed by atoms with Crippen molar-refractivity contribution < 1.29 is 9.59 Å². The molecule has 6 nitrogen and oxygen atoms in total. The zero-order chi connectivity index (χ0) is 16.5. The third-order valence-electron chi connectivity index (χ3n) is 4.14. The summed E-state index contributed by atoms with van der Waals surface area (Å²) in [4.78, 5) is 34.3. The third kappa shape index (κ3) is 2.78. The molecule has 0 saturated carbocycles. The summed E-state index contributed by atoms with van der Waals surface area (Å²) in [6, 6.07) is 11.4. The van der Waals surface area contributed by atoms with Crippen LogP contribution in [0.2, 0.25) is 0 Å². The van der Waals surface area contributed by atoms with Crippen LogP contribution in [0.15, 0.2) is 41.8 Å². The number of imidazole rings is 1. The quantitative estimate of drug-likeness (QED) is 0.763. The number of thiophene rings is 1. The SMILES string of the molecule is O=C(NCc1nc2ccccc2[nH]1)C1CN(C(=O)c2cccs2)C1. The molecule has 0 spiro atoms. The Morgan fingerprint density at radius 3 is 2.83 bits per heavy atom. The molecular weight excluding hydrogens is 324 g/mol. The van der Waals surface area contributed by atoms with Gasteiger partial charge in [-0.1, -0.05) is 18.2 Å². The maximum absolute atomic E-state index is 12.2. The Balaban J connectivity index is 1.29. The van der Waals surface area contributed by atoms with Crippen LogP contribution < -0.4 is 5.32 Å². The summed E-state index contributed by atoms with van der Waals surface area (Å²) < 4.78 is 0. The topological polar surface area (TPSA) is 78.1 Å². The molecule has 0 unspecified atom stereocenters. The molecule has 122 valence electrons. The van der Waals surface area contributed by atoms with Crippen molar-refractivity contribution in [2.24, 2.45) is 5.92 Å². The Morgan fingerprint density at radius 2 is 2.08 bits per heavy atom. The highest BCUT2D eigenvalue weighted by molar-refractivity contribution is 7.12. The van der Waals surface area contributed by atoms with Crippen LogP contribution in [0.3, 0.4) is 0 Å². The number of amides is 2. The van der Waals surface area contributed by atoms with Crippen molar-refractivity contribution in [3.05, 3.63) is 52.5 Å². The van der Waals surface area contributed by atoms with Gasteiger partial charge in [0.15, 0.2) is 0 Å². The number of hydrogen-bond donors (Lipinski definition) is 2. The fourth-order valence-electron chi connectivity index (χ4n) is 2.77. The number of carbonyl (C=O) groups is 2. The number of H-pyrrole nitrogens is 1. The first-order valence-corrected chi connectivity index (χ1v) is 8.63. The number of nitrogens with zero attached hydrogens (tertiary/aromatic N) is 2. The van der Waals surface area contributed by atoms with Gasteiger partial charge in [-0.25, -0.2) is 4.98 Å². The minimum Gasteiger partial charge on any atom is -0.349 e. The molecule has 4 rings (SSSR count). The maximum Gasteiger partial charge on any atom is 0.263 e. The number of hydrogen-bond acceptors (Lipinski definition) is 4. The van der Waals surface area contributed by atoms with E-state index < -0.39 is 0 Å². The van der Waals surface area contributed by atoms with E-state index in [2.05, 4.69) is 15.3 Å². The normalized spacial score (nSPS) is 14.6. The largest absolute Gasteiger partial charge is 0.349 e. The number of aromatic nitrogens is 2. The predicted molar refractivity (Wildman–Crippen MR) is 91.7 cm³/mol. The van der Waals surface area contributed by atoms with E-state index in [0.29, 0.717) is 19.6 Å². The molecule has 0 radical (unpaired) electrons. The summed E-state index contributed by atoms with van der Waals surface area (Å²) in [5.41, 5.74) is 1.84. The molecule has 1 aromatic carbocycles. The van der Waals surface area contributed by atoms with Crippen LogP contribution in [0, 0.1) is 5.92 Å². The second-order valence-corrected chi connectivity index (χ2v) is 6.75. The molecule has 0 atom stereocenters. The highest BCUT2D eigenvalue weighted by Gasteiger charge is 2.36. The fourth-order valence-corrected chi connectivity index (χ4v) is 3.46. The lowest BCUT2D eigenvalue weighted by Crippen LogP contribution is -2.55. The number of fused-ring (bicyclic) bond motifs is 1. The molecule has 3 aromatic rings. The van der Waals surface area contributed by atoms with Crippen molar-refractivity contribution in [1.82, 2.24) is 20.2 Å². The van der Waals surface area contributed by atoms with Crippen LogP contribution in [0.25, 0.3) is 11.0 Å². The highest BCUT2D eigenvalue weighted by atomic mass is 32.1. The number of nitrogens with one attached hydrogen (secondary N) is 2. The lowest BCUT2D eigenvalue weighted by molar-refractivity contribution is -0.129. The van der Waals surface area contributed by atoms with Crippen LogP contribution in [0.5, 0.6) is 0 Å². The van der Waals surface area contributed by atoms with Gasteiger partial charge in [0.2, 0.25) is 5.91 Å². The van der Waals surface area contributed by atoms with Crippen LogP contribution >= 0.6 is 11.3 Å². The molecule has 7 heteroatoms. The van der Waals surface area contributed by atoms with E-state index in [1.165, 1.54) is 11.3 Å². The van der Waals surface area contributed by atoms with Gasteiger partial charge in [-0.15, -0.1) is 11.3 Å². The molecule has 3 heterocycles. The van der Waals surface area contributed by atoms with E-state index in [4.69, 9.17) is 0 Å². The Bertz CT molecular complexity index is 848. The first-order chi connectivity index (χ1) is 11.7. The summed E-state index contributed by atoms with van der Waals surface area (Å²) in [6.45, 7) is 1.31. The average molecular weight is 340 g/mol. The first kappa shape index (κ1) is 14.9. The maximum atomic E-state index is 12.2. The first-order valence-electron chi connectivity index (χ1n) is 7.75. The average Bonchev–Trinajstić information content (AvgIpc) is 3.20. The summed E-state index contributed by atoms with van der Waals surface area (Å²) >= 11 is 1.42. The zero-order valence-electron chi connectivity index (χ0n) is 12.9. The van der Waals surface area contributed by atoms with Gasteiger partial charge in [-0.2, -0.15) is 0 Å². The van der Waals surface area contributed by atoms with E-state index in [9.17, 15) is 9.59 Å². The summed E-state index contributed by atoms with van der Waals surface area (Å²) in [6.07, 6.45) is 0. The smallest absolute Gasteiger partial charge is 0.263 e. The Morgan fingerprint density at radius 1 is 1.25 bits per heavy atom. The van der Waals surface area contributed by atoms with Gasteiger partial charge >= 0.3 is 0 Å². The van der Waals surface area contributed by atoms with Crippen LogP contribution in [0.4, 0.5) is 0 Å². The van der Waals surface area contributed by atoms with Crippen molar-refractivity contribution in [2.75, 3.05) is 13.1 Å². The van der Waals surface area contributed by atoms with Crippen molar-refractivity contribution in [1.29, 1.82) is 0 Å². The summed E-state index contributed by atoms with van der Waals surface area (Å²) in [5.74, 6) is 0.561. The van der Waals surface area contributed by atoms with Crippen molar-refractivity contribution >= 4 is 34.2 Å². The standard InChI is InChI=1S/C17H16N4O2S/c22-16(11-9-21(10-11)17(23)14-6-3-7-24-14)18-8-15-19-12-4-1-2-5-13(12)20-15/h1-7,11H,8-10H2,(H,18,22)(H,19,20). The molecule has 0 bridgehead atoms. The molecule has 2 aromatic heterocycles. The number of para-hydroxylation sites is 2. The van der Waals surface area contributed by atoms with Gasteiger partial charge in [-0.05, 0) is 23.6 Å². The van der Waals surface area contributed by atoms with Crippen molar-refractivity contribution in [2.45, 2.75) is 6.54 Å². The lowest BCUT2D eigenvalue weighted by Gasteiger charge is -2.37. The molecule has 1 aliphatic rings. The number of likely N-dealkylation sites (tertiary alicyclic amines) is 1. The van der Waals surface area contributed by atoms with Crippen molar-refractivity contribution in [3.63, 3.8) is 0 Å². The van der Waals surface area contributed by atoms with E-state index in [-0.39, 0.29) is 17.7 Å². The van der Waals surface area contributed by atoms with E-state index >= 15 is 0 Å². The van der Waals surface area contributed by atoms with Gasteiger partial charge < -0.3 is 15.2 Å². The molecule has 24 heavy (non-hydrogen) atoms. The molecule has 1 fully saturated rings. The summed E-state index contributed by atoms with van der Waals surface area (Å²) in [7, 11) is 0. The second-order valence-electron chi connectivity index (χ2n) is 5.80. The van der Waals surface area contributed by atoms with Gasteiger partial charge in [0.1, 0.15) is 5.82 Å². The lowest BCUT2D eigenvalue weighted by atomic mass is 9.99. The van der Waals surface area contributed by atoms with Gasteiger partial charge in [0.05, 0.1) is 28.4 Å². The van der Waals surface area contributed by atoms with Gasteiger partial charge in [0.25, 0.3) is 5.91 Å².